The van der Waals surface area contributed by atoms with Crippen molar-refractivity contribution < 1.29 is 9.47 Å². The fourth-order valence-corrected chi connectivity index (χ4v) is 3.04. The largest absolute Gasteiger partial charge is 0.493 e. The summed E-state index contributed by atoms with van der Waals surface area (Å²) in [6, 6.07) is 0.560. The molecule has 0 aromatic carbocycles. The second kappa shape index (κ2) is 7.80. The van der Waals surface area contributed by atoms with Crippen molar-refractivity contribution in [3.8, 4) is 5.75 Å². The average Bonchev–Trinajstić information content (AvgIpc) is 2.93. The monoisotopic (exact) mass is 295 g/mol. The molecule has 2 atom stereocenters. The van der Waals surface area contributed by atoms with Crippen molar-refractivity contribution in [3.63, 3.8) is 0 Å². The predicted molar refractivity (Wildman–Crippen MR) is 83.7 cm³/mol. The quantitative estimate of drug-likeness (QED) is 0.840. The van der Waals surface area contributed by atoms with Gasteiger partial charge in [0.25, 0.3) is 0 Å². The maximum Gasteiger partial charge on any atom is 0.161 e. The third-order valence-corrected chi connectivity index (χ3v) is 4.08. The van der Waals surface area contributed by atoms with Gasteiger partial charge in [-0.15, -0.1) is 0 Å². The molecule has 21 heavy (non-hydrogen) atoms. The zero-order valence-electron chi connectivity index (χ0n) is 13.8. The summed E-state index contributed by atoms with van der Waals surface area (Å²) in [6.45, 7) is 9.20. The number of hydrogen-bond acceptors (Lipinski definition) is 4. The molecule has 0 amide bonds. The molecule has 120 valence electrons. The first-order chi connectivity index (χ1) is 10.2. The summed E-state index contributed by atoms with van der Waals surface area (Å²) in [5, 5.41) is 8.21. The SMILES string of the molecule is CCCNC(c1c(OC)cnn1C(C)C)C1CCCOC1. The number of aromatic nitrogens is 2. The first-order valence-electron chi connectivity index (χ1n) is 8.11. The fraction of sp³-hybridized carbons (Fsp3) is 0.812. The minimum atomic E-state index is 0.241. The minimum absolute atomic E-state index is 0.241. The summed E-state index contributed by atoms with van der Waals surface area (Å²) in [4.78, 5) is 0. The molecule has 1 aliphatic rings. The van der Waals surface area contributed by atoms with E-state index in [4.69, 9.17) is 9.47 Å². The Morgan fingerprint density at radius 3 is 2.90 bits per heavy atom. The molecule has 1 aliphatic heterocycles. The number of nitrogens with one attached hydrogen (secondary N) is 1. The Hall–Kier alpha value is -1.07. The maximum atomic E-state index is 5.70. The van der Waals surface area contributed by atoms with Gasteiger partial charge in [-0.2, -0.15) is 5.10 Å². The highest BCUT2D eigenvalue weighted by atomic mass is 16.5. The molecule has 5 heteroatoms. The third-order valence-electron chi connectivity index (χ3n) is 4.08. The van der Waals surface area contributed by atoms with Crippen LogP contribution < -0.4 is 10.1 Å². The maximum absolute atomic E-state index is 5.70. The van der Waals surface area contributed by atoms with Crippen molar-refractivity contribution in [1.82, 2.24) is 15.1 Å². The number of rotatable bonds is 7. The predicted octanol–water partition coefficient (Wildman–Crippen LogP) is 2.94. The van der Waals surface area contributed by atoms with Crippen LogP contribution >= 0.6 is 0 Å². The van der Waals surface area contributed by atoms with Crippen LogP contribution in [0.25, 0.3) is 0 Å². The zero-order valence-corrected chi connectivity index (χ0v) is 13.8. The van der Waals surface area contributed by atoms with Crippen LogP contribution in [0.15, 0.2) is 6.20 Å². The molecule has 1 aromatic rings. The molecule has 1 saturated heterocycles. The molecule has 0 bridgehead atoms. The molecular weight excluding hydrogens is 266 g/mol. The van der Waals surface area contributed by atoms with Gasteiger partial charge in [-0.1, -0.05) is 6.92 Å². The van der Waals surface area contributed by atoms with Gasteiger partial charge in [0.2, 0.25) is 0 Å². The van der Waals surface area contributed by atoms with Gasteiger partial charge in [-0.25, -0.2) is 0 Å². The van der Waals surface area contributed by atoms with Gasteiger partial charge >= 0.3 is 0 Å². The lowest BCUT2D eigenvalue weighted by atomic mass is 9.90. The molecule has 2 unspecified atom stereocenters. The van der Waals surface area contributed by atoms with E-state index in [2.05, 4.69) is 35.9 Å². The Kier molecular flexibility index (Phi) is 6.06. The van der Waals surface area contributed by atoms with Gasteiger partial charge in [0.1, 0.15) is 0 Å². The molecule has 2 heterocycles. The molecule has 0 aliphatic carbocycles. The summed E-state index contributed by atoms with van der Waals surface area (Å²) in [5.74, 6) is 1.36. The number of hydrogen-bond donors (Lipinski definition) is 1. The highest BCUT2D eigenvalue weighted by Gasteiger charge is 2.31. The lowest BCUT2D eigenvalue weighted by Gasteiger charge is -2.32. The topological polar surface area (TPSA) is 48.3 Å². The zero-order chi connectivity index (χ0) is 15.2. The van der Waals surface area contributed by atoms with Crippen LogP contribution in [0.2, 0.25) is 0 Å². The van der Waals surface area contributed by atoms with E-state index < -0.39 is 0 Å². The van der Waals surface area contributed by atoms with Crippen LogP contribution in [0.5, 0.6) is 5.75 Å². The molecule has 1 N–H and O–H groups in total. The summed E-state index contributed by atoms with van der Waals surface area (Å²) in [5.41, 5.74) is 1.16. The van der Waals surface area contributed by atoms with Crippen molar-refractivity contribution >= 4 is 0 Å². The second-order valence-electron chi connectivity index (χ2n) is 6.05. The van der Waals surface area contributed by atoms with Gasteiger partial charge in [-0.3, -0.25) is 4.68 Å². The lowest BCUT2D eigenvalue weighted by molar-refractivity contribution is 0.0371. The van der Waals surface area contributed by atoms with E-state index in [-0.39, 0.29) is 6.04 Å². The van der Waals surface area contributed by atoms with Crippen molar-refractivity contribution in [2.75, 3.05) is 26.9 Å². The van der Waals surface area contributed by atoms with Crippen molar-refractivity contribution in [2.45, 2.75) is 52.1 Å². The molecular formula is C16H29N3O2. The van der Waals surface area contributed by atoms with Gasteiger partial charge in [-0.05, 0) is 39.7 Å². The molecule has 1 aromatic heterocycles. The summed E-state index contributed by atoms with van der Waals surface area (Å²) < 4.78 is 13.4. The van der Waals surface area contributed by atoms with Crippen molar-refractivity contribution in [1.29, 1.82) is 0 Å². The van der Waals surface area contributed by atoms with E-state index in [0.717, 1.165) is 44.0 Å². The molecule has 0 radical (unpaired) electrons. The Balaban J connectivity index is 2.32. The normalized spacial score (nSPS) is 20.7. The van der Waals surface area contributed by atoms with Crippen LogP contribution in [0, 0.1) is 5.92 Å². The van der Waals surface area contributed by atoms with Crippen molar-refractivity contribution in [2.24, 2.45) is 5.92 Å². The minimum Gasteiger partial charge on any atom is -0.493 e. The van der Waals surface area contributed by atoms with Crippen LogP contribution in [0.3, 0.4) is 0 Å². The summed E-state index contributed by atoms with van der Waals surface area (Å²) in [6.07, 6.45) is 5.27. The van der Waals surface area contributed by atoms with E-state index in [1.165, 1.54) is 6.42 Å². The molecule has 0 spiro atoms. The standard InChI is InChI=1S/C16H29N3O2/c1-5-8-17-15(13-7-6-9-21-11-13)16-14(20-4)10-18-19(16)12(2)3/h10,12-13,15,17H,5-9,11H2,1-4H3. The van der Waals surface area contributed by atoms with Gasteiger partial charge < -0.3 is 14.8 Å². The van der Waals surface area contributed by atoms with Crippen LogP contribution in [-0.4, -0.2) is 36.6 Å². The molecule has 5 nitrogen and oxygen atoms in total. The highest BCUT2D eigenvalue weighted by Crippen LogP contribution is 2.35. The van der Waals surface area contributed by atoms with Crippen molar-refractivity contribution in [3.05, 3.63) is 11.9 Å². The molecule has 1 fully saturated rings. The van der Waals surface area contributed by atoms with E-state index in [1.807, 2.05) is 6.20 Å². The van der Waals surface area contributed by atoms with Crippen LogP contribution in [0.4, 0.5) is 0 Å². The Morgan fingerprint density at radius 2 is 2.33 bits per heavy atom. The Labute approximate surface area is 128 Å². The highest BCUT2D eigenvalue weighted by molar-refractivity contribution is 5.29. The smallest absolute Gasteiger partial charge is 0.161 e. The number of methoxy groups -OCH3 is 1. The summed E-state index contributed by atoms with van der Waals surface area (Å²) in [7, 11) is 1.72. The Morgan fingerprint density at radius 1 is 1.52 bits per heavy atom. The average molecular weight is 295 g/mol. The number of ether oxygens (including phenoxy) is 2. The second-order valence-corrected chi connectivity index (χ2v) is 6.05. The Bertz CT molecular complexity index is 425. The van der Waals surface area contributed by atoms with Crippen LogP contribution in [-0.2, 0) is 4.74 Å². The molecule has 2 rings (SSSR count). The van der Waals surface area contributed by atoms with Gasteiger partial charge in [0, 0.05) is 18.6 Å². The first-order valence-corrected chi connectivity index (χ1v) is 8.11. The van der Waals surface area contributed by atoms with Gasteiger partial charge in [0.05, 0.1) is 31.6 Å². The third kappa shape index (κ3) is 3.77. The van der Waals surface area contributed by atoms with Gasteiger partial charge in [0.15, 0.2) is 5.75 Å². The molecule has 0 saturated carbocycles. The van der Waals surface area contributed by atoms with Crippen LogP contribution in [0.1, 0.15) is 57.8 Å². The van der Waals surface area contributed by atoms with E-state index in [1.54, 1.807) is 7.11 Å². The lowest BCUT2D eigenvalue weighted by Crippen LogP contribution is -2.35. The first kappa shape index (κ1) is 16.3. The summed E-state index contributed by atoms with van der Waals surface area (Å²) >= 11 is 0. The van der Waals surface area contributed by atoms with E-state index >= 15 is 0 Å². The fourth-order valence-electron chi connectivity index (χ4n) is 3.04. The number of nitrogens with zero attached hydrogens (tertiary/aromatic N) is 2. The van der Waals surface area contributed by atoms with E-state index in [0.29, 0.717) is 12.0 Å². The van der Waals surface area contributed by atoms with E-state index in [9.17, 15) is 0 Å².